The van der Waals surface area contributed by atoms with E-state index < -0.39 is 0 Å². The summed E-state index contributed by atoms with van der Waals surface area (Å²) in [6.45, 7) is 0. The molecule has 0 bridgehead atoms. The van der Waals surface area contributed by atoms with Gasteiger partial charge in [-0.2, -0.15) is 0 Å². The van der Waals surface area contributed by atoms with Crippen molar-refractivity contribution in [1.82, 2.24) is 0 Å². The van der Waals surface area contributed by atoms with Crippen LogP contribution in [-0.4, -0.2) is 27.9 Å². The molecule has 66 valence electrons. The van der Waals surface area contributed by atoms with Gasteiger partial charge in [0.2, 0.25) is 0 Å². The van der Waals surface area contributed by atoms with Crippen LogP contribution in [0, 0.1) is 0 Å². The van der Waals surface area contributed by atoms with Crippen LogP contribution in [-0.2, 0) is 0 Å². The van der Waals surface area contributed by atoms with Gasteiger partial charge in [-0.3, -0.25) is 0 Å². The Balaban J connectivity index is 2.64. The summed E-state index contributed by atoms with van der Waals surface area (Å²) in [5, 5.41) is 5.54. The van der Waals surface area contributed by atoms with E-state index in [2.05, 4.69) is 54.6 Å². The average molecular weight is 200 g/mol. The van der Waals surface area contributed by atoms with Crippen LogP contribution in [0.2, 0.25) is 0 Å². The Bertz CT molecular complexity index is 641. The van der Waals surface area contributed by atoms with Gasteiger partial charge in [0.05, 0.1) is 0 Å². The third kappa shape index (κ3) is 1.50. The molecule has 0 aromatic heterocycles. The van der Waals surface area contributed by atoms with Crippen molar-refractivity contribution in [2.24, 2.45) is 0 Å². The zero-order valence-electron chi connectivity index (χ0n) is 8.70. The second-order valence-corrected chi connectivity index (χ2v) is 5.04. The maximum absolute atomic E-state index is 2.32. The molecule has 3 aromatic carbocycles. The van der Waals surface area contributed by atoms with Gasteiger partial charge in [-0.15, -0.1) is 0 Å². The summed E-state index contributed by atoms with van der Waals surface area (Å²) in [5.41, 5.74) is 0. The van der Waals surface area contributed by atoms with E-state index in [0.717, 1.165) is 27.9 Å². The summed E-state index contributed by atoms with van der Waals surface area (Å²) in [6.07, 6.45) is 0. The first-order chi connectivity index (χ1) is 7.36. The van der Waals surface area contributed by atoms with Gasteiger partial charge < -0.3 is 0 Å². The average Bonchev–Trinajstić information content (AvgIpc) is 2.30. The first-order valence-electron chi connectivity index (χ1n) is 5.23. The van der Waals surface area contributed by atoms with E-state index in [1.165, 1.54) is 24.4 Å². The molecule has 0 unspecified atom stereocenters. The molecule has 0 saturated carbocycles. The van der Waals surface area contributed by atoms with E-state index in [1.54, 1.807) is 0 Å². The molecule has 0 saturated heterocycles. The second kappa shape index (κ2) is 3.64. The fourth-order valence-electron chi connectivity index (χ4n) is 2.24. The van der Waals surface area contributed by atoms with Crippen LogP contribution in [0.15, 0.2) is 54.6 Å². The zero-order valence-corrected chi connectivity index (χ0v) is 10.7. The molecule has 0 radical (unpaired) electrons. The van der Waals surface area contributed by atoms with Crippen molar-refractivity contribution in [3.63, 3.8) is 0 Å². The van der Waals surface area contributed by atoms with Crippen molar-refractivity contribution in [1.29, 1.82) is 0 Å². The molecular weight excluding hydrogens is 191 g/mol. The quantitative estimate of drug-likeness (QED) is 0.386. The molecule has 0 aliphatic carbocycles. The van der Waals surface area contributed by atoms with Crippen LogP contribution in [0.4, 0.5) is 0 Å². The first-order valence-corrected chi connectivity index (χ1v) is 6.23. The molecule has 0 aliphatic rings. The number of fused-ring (bicyclic) bond motifs is 3. The molecule has 0 aliphatic heterocycles. The SMILES string of the molecule is [Na][c]1cc2ccccc2c2ccccc12. The van der Waals surface area contributed by atoms with Crippen molar-refractivity contribution in [2.45, 2.75) is 0 Å². The third-order valence-corrected chi connectivity index (χ3v) is 3.80. The van der Waals surface area contributed by atoms with Crippen molar-refractivity contribution in [2.75, 3.05) is 0 Å². The minimum atomic E-state index is 1.11. The molecule has 0 spiro atoms. The van der Waals surface area contributed by atoms with E-state index in [-0.39, 0.29) is 0 Å². The predicted molar refractivity (Wildman–Crippen MR) is 66.8 cm³/mol. The molecule has 0 heterocycles. The third-order valence-electron chi connectivity index (χ3n) is 2.97. The molecule has 0 N–H and O–H groups in total. The topological polar surface area (TPSA) is 0 Å². The summed E-state index contributed by atoms with van der Waals surface area (Å²) in [4.78, 5) is 0. The van der Waals surface area contributed by atoms with Gasteiger partial charge in [0.15, 0.2) is 0 Å². The number of rotatable bonds is 0. The Hall–Kier alpha value is -0.820. The summed E-state index contributed by atoms with van der Waals surface area (Å²) in [5.74, 6) is 0. The monoisotopic (exact) mass is 200 g/mol. The van der Waals surface area contributed by atoms with Gasteiger partial charge in [-0.05, 0) is 0 Å². The Kier molecular flexibility index (Phi) is 2.28. The molecule has 0 atom stereocenters. The molecule has 1 heteroatoms. The molecule has 3 aromatic rings. The Morgan fingerprint density at radius 3 is 2.07 bits per heavy atom. The predicted octanol–water partition coefficient (Wildman–Crippen LogP) is 2.79. The van der Waals surface area contributed by atoms with Gasteiger partial charge >= 0.3 is 107 Å². The molecule has 15 heavy (non-hydrogen) atoms. The van der Waals surface area contributed by atoms with E-state index in [0.29, 0.717) is 0 Å². The van der Waals surface area contributed by atoms with Gasteiger partial charge in [-0.25, -0.2) is 0 Å². The summed E-state index contributed by atoms with van der Waals surface area (Å²) in [6, 6.07) is 19.6. The molecular formula is C14H9Na. The van der Waals surface area contributed by atoms with Gasteiger partial charge in [0.25, 0.3) is 0 Å². The molecule has 3 rings (SSSR count). The Morgan fingerprint density at radius 2 is 1.27 bits per heavy atom. The molecule has 0 nitrogen and oxygen atoms in total. The summed E-state index contributed by atoms with van der Waals surface area (Å²) in [7, 11) is 0. The van der Waals surface area contributed by atoms with E-state index in [1.807, 2.05) is 0 Å². The van der Waals surface area contributed by atoms with Gasteiger partial charge in [0, 0.05) is 0 Å². The van der Waals surface area contributed by atoms with Crippen LogP contribution in [0.25, 0.3) is 21.5 Å². The Morgan fingerprint density at radius 1 is 0.667 bits per heavy atom. The van der Waals surface area contributed by atoms with Crippen molar-refractivity contribution < 1.29 is 0 Å². The van der Waals surface area contributed by atoms with Crippen LogP contribution in [0.3, 0.4) is 0 Å². The minimum absolute atomic E-state index is 1.11. The molecule has 0 fully saturated rings. The zero-order chi connectivity index (χ0) is 10.3. The van der Waals surface area contributed by atoms with Crippen molar-refractivity contribution in [3.8, 4) is 0 Å². The van der Waals surface area contributed by atoms with Crippen LogP contribution in [0.1, 0.15) is 0 Å². The fourth-order valence-corrected chi connectivity index (χ4v) is 2.99. The number of hydrogen-bond acceptors (Lipinski definition) is 0. The number of benzene rings is 3. The van der Waals surface area contributed by atoms with E-state index in [4.69, 9.17) is 0 Å². The molecule has 0 amide bonds. The standard InChI is InChI=1S/C14H9.Na/c1-3-7-13-11(5-1)9-10-12-6-2-4-8-14(12)13;/h1-9H;. The normalized spacial score (nSPS) is 11.1. The summed E-state index contributed by atoms with van der Waals surface area (Å²) >= 11 is 1.11. The maximum atomic E-state index is 2.32. The first kappa shape index (κ1) is 9.41. The van der Waals surface area contributed by atoms with Crippen LogP contribution in [0.5, 0.6) is 0 Å². The van der Waals surface area contributed by atoms with Crippen LogP contribution < -0.4 is 2.81 Å². The Labute approximate surface area is 106 Å². The second-order valence-electron chi connectivity index (χ2n) is 3.96. The fraction of sp³-hybridized carbons (Fsp3) is 0. The van der Waals surface area contributed by atoms with Crippen molar-refractivity contribution >= 4 is 52.3 Å². The van der Waals surface area contributed by atoms with Crippen LogP contribution >= 0.6 is 0 Å². The van der Waals surface area contributed by atoms with E-state index >= 15 is 0 Å². The van der Waals surface area contributed by atoms with E-state index in [9.17, 15) is 0 Å². The van der Waals surface area contributed by atoms with Gasteiger partial charge in [0.1, 0.15) is 0 Å². The van der Waals surface area contributed by atoms with Crippen molar-refractivity contribution in [3.05, 3.63) is 54.6 Å². The number of hydrogen-bond donors (Lipinski definition) is 0. The summed E-state index contributed by atoms with van der Waals surface area (Å²) < 4.78 is 1.49. The van der Waals surface area contributed by atoms with Gasteiger partial charge in [-0.1, -0.05) is 0 Å².